The van der Waals surface area contributed by atoms with Crippen LogP contribution in [0.3, 0.4) is 0 Å². The van der Waals surface area contributed by atoms with Crippen molar-refractivity contribution in [2.75, 3.05) is 13.2 Å². The lowest BCUT2D eigenvalue weighted by atomic mass is 10.0. The van der Waals surface area contributed by atoms with Crippen molar-refractivity contribution in [1.82, 2.24) is 4.90 Å². The van der Waals surface area contributed by atoms with E-state index in [0.29, 0.717) is 0 Å². The molecule has 132 valence electrons. The molecule has 0 saturated carbocycles. The van der Waals surface area contributed by atoms with Crippen LogP contribution in [0.15, 0.2) is 12.2 Å². The first kappa shape index (κ1) is 19.4. The van der Waals surface area contributed by atoms with Gasteiger partial charge in [0.1, 0.15) is 17.4 Å². The van der Waals surface area contributed by atoms with Gasteiger partial charge < -0.3 is 19.3 Å². The maximum atomic E-state index is 12.5. The zero-order chi connectivity index (χ0) is 18.0. The summed E-state index contributed by atoms with van der Waals surface area (Å²) in [6, 6.07) is -0.781. The van der Waals surface area contributed by atoms with Crippen molar-refractivity contribution in [3.8, 4) is 0 Å². The van der Waals surface area contributed by atoms with Crippen molar-refractivity contribution < 1.29 is 28.9 Å². The van der Waals surface area contributed by atoms with Gasteiger partial charge >= 0.3 is 12.1 Å². The Hall–Kier alpha value is -1.60. The molecule has 0 aliphatic carbocycles. The van der Waals surface area contributed by atoms with Gasteiger partial charge in [0.25, 0.3) is 0 Å². The van der Waals surface area contributed by atoms with Crippen LogP contribution in [0.25, 0.3) is 0 Å². The van der Waals surface area contributed by atoms with Gasteiger partial charge in [-0.25, -0.2) is 9.59 Å². The van der Waals surface area contributed by atoms with Crippen LogP contribution < -0.4 is 0 Å². The number of aliphatic hydroxyl groups is 1. The smallest absolute Gasteiger partial charge is 0.413 e. The standard InChI is InChI=1S/C16H27NO6/c1-8-21-13(19)10(2)12(18)11-9-22-16(6,7)17(11)14(20)23-15(3,4)5/h11-12,18H,2,8-9H2,1,3-7H3/t11-,12+/m0/s1. The fourth-order valence-electron chi connectivity index (χ4n) is 2.31. The minimum Gasteiger partial charge on any atom is -0.463 e. The molecule has 1 amide bonds. The van der Waals surface area contributed by atoms with Gasteiger partial charge in [0.05, 0.1) is 24.8 Å². The first-order valence-electron chi connectivity index (χ1n) is 7.61. The predicted octanol–water partition coefficient (Wildman–Crippen LogP) is 1.84. The predicted molar refractivity (Wildman–Crippen MR) is 83.7 cm³/mol. The van der Waals surface area contributed by atoms with E-state index in [0.717, 1.165) is 0 Å². The molecule has 1 rings (SSSR count). The van der Waals surface area contributed by atoms with Gasteiger partial charge in [0, 0.05) is 0 Å². The second-order valence-electron chi connectivity index (χ2n) is 6.87. The van der Waals surface area contributed by atoms with E-state index in [1.165, 1.54) is 4.90 Å². The topological polar surface area (TPSA) is 85.3 Å². The Balaban J connectivity index is 2.98. The molecule has 0 bridgehead atoms. The molecular formula is C16H27NO6. The van der Waals surface area contributed by atoms with Crippen LogP contribution in [0, 0.1) is 0 Å². The highest BCUT2D eigenvalue weighted by Gasteiger charge is 2.49. The third-order valence-electron chi connectivity index (χ3n) is 3.37. The van der Waals surface area contributed by atoms with E-state index in [4.69, 9.17) is 14.2 Å². The van der Waals surface area contributed by atoms with Crippen molar-refractivity contribution in [3.63, 3.8) is 0 Å². The molecule has 1 fully saturated rings. The van der Waals surface area contributed by atoms with Crippen LogP contribution in [-0.2, 0) is 19.0 Å². The van der Waals surface area contributed by atoms with Crippen LogP contribution in [0.4, 0.5) is 4.79 Å². The molecule has 0 aromatic carbocycles. The number of amides is 1. The highest BCUT2D eigenvalue weighted by atomic mass is 16.6. The Morgan fingerprint density at radius 3 is 2.48 bits per heavy atom. The van der Waals surface area contributed by atoms with Crippen molar-refractivity contribution in [1.29, 1.82) is 0 Å². The maximum absolute atomic E-state index is 12.5. The third kappa shape index (κ3) is 4.68. The van der Waals surface area contributed by atoms with E-state index in [-0.39, 0.29) is 18.8 Å². The number of carbonyl (C=O) groups excluding carboxylic acids is 2. The van der Waals surface area contributed by atoms with Crippen LogP contribution in [0.1, 0.15) is 41.5 Å². The number of carbonyl (C=O) groups is 2. The summed E-state index contributed by atoms with van der Waals surface area (Å²) >= 11 is 0. The highest BCUT2D eigenvalue weighted by Crippen LogP contribution is 2.32. The molecule has 1 saturated heterocycles. The number of esters is 1. The summed E-state index contributed by atoms with van der Waals surface area (Å²) in [5.74, 6) is -0.700. The molecule has 0 radical (unpaired) electrons. The normalized spacial score (nSPS) is 21.7. The molecule has 0 spiro atoms. The SMILES string of the molecule is C=C(C(=O)OCC)[C@@H](O)[C@@H]1COC(C)(C)N1C(=O)OC(C)(C)C. The molecular weight excluding hydrogens is 302 g/mol. The van der Waals surface area contributed by atoms with Crippen LogP contribution >= 0.6 is 0 Å². The van der Waals surface area contributed by atoms with Crippen molar-refractivity contribution in [3.05, 3.63) is 12.2 Å². The number of aliphatic hydroxyl groups excluding tert-OH is 1. The van der Waals surface area contributed by atoms with Gasteiger partial charge in [-0.05, 0) is 41.5 Å². The molecule has 1 heterocycles. The molecule has 2 atom stereocenters. The Labute approximate surface area is 137 Å². The van der Waals surface area contributed by atoms with Gasteiger partial charge in [-0.2, -0.15) is 0 Å². The zero-order valence-corrected chi connectivity index (χ0v) is 14.7. The van der Waals surface area contributed by atoms with Crippen molar-refractivity contribution in [2.45, 2.75) is 65.0 Å². The summed E-state index contributed by atoms with van der Waals surface area (Å²) in [7, 11) is 0. The second-order valence-corrected chi connectivity index (χ2v) is 6.87. The summed E-state index contributed by atoms with van der Waals surface area (Å²) < 4.78 is 15.8. The average molecular weight is 329 g/mol. The average Bonchev–Trinajstić information content (AvgIpc) is 2.71. The summed E-state index contributed by atoms with van der Waals surface area (Å²) in [5.41, 5.74) is -1.78. The molecule has 0 aromatic rings. The first-order valence-corrected chi connectivity index (χ1v) is 7.61. The molecule has 7 nitrogen and oxygen atoms in total. The zero-order valence-electron chi connectivity index (χ0n) is 14.7. The summed E-state index contributed by atoms with van der Waals surface area (Å²) in [6.07, 6.45) is -1.93. The largest absolute Gasteiger partial charge is 0.463 e. The number of hydrogen-bond donors (Lipinski definition) is 1. The lowest BCUT2D eigenvalue weighted by molar-refractivity contribution is -0.140. The first-order chi connectivity index (χ1) is 10.4. The Bertz CT molecular complexity index is 479. The van der Waals surface area contributed by atoms with Gasteiger partial charge in [0.15, 0.2) is 0 Å². The van der Waals surface area contributed by atoms with Crippen LogP contribution in [0.5, 0.6) is 0 Å². The van der Waals surface area contributed by atoms with Crippen LogP contribution in [-0.4, -0.2) is 58.8 Å². The number of ether oxygens (including phenoxy) is 3. The number of rotatable bonds is 4. The van der Waals surface area contributed by atoms with Gasteiger partial charge in [-0.3, -0.25) is 4.90 Å². The fourth-order valence-corrected chi connectivity index (χ4v) is 2.31. The molecule has 23 heavy (non-hydrogen) atoms. The second kappa shape index (κ2) is 6.88. The molecule has 0 aromatic heterocycles. The van der Waals surface area contributed by atoms with E-state index >= 15 is 0 Å². The summed E-state index contributed by atoms with van der Waals surface area (Å²) in [5, 5.41) is 10.4. The third-order valence-corrected chi connectivity index (χ3v) is 3.37. The van der Waals surface area contributed by atoms with E-state index < -0.39 is 35.5 Å². The lowest BCUT2D eigenvalue weighted by Gasteiger charge is -2.36. The molecule has 7 heteroatoms. The van der Waals surface area contributed by atoms with Gasteiger partial charge in [-0.1, -0.05) is 6.58 Å². The van der Waals surface area contributed by atoms with E-state index in [1.54, 1.807) is 41.5 Å². The van der Waals surface area contributed by atoms with E-state index in [2.05, 4.69) is 6.58 Å². The maximum Gasteiger partial charge on any atom is 0.413 e. The van der Waals surface area contributed by atoms with Crippen LogP contribution in [0.2, 0.25) is 0 Å². The Morgan fingerprint density at radius 1 is 1.43 bits per heavy atom. The highest BCUT2D eigenvalue weighted by molar-refractivity contribution is 5.89. The number of hydrogen-bond acceptors (Lipinski definition) is 6. The summed E-state index contributed by atoms with van der Waals surface area (Å²) in [6.45, 7) is 14.1. The molecule has 1 aliphatic heterocycles. The Morgan fingerprint density at radius 2 is 2.00 bits per heavy atom. The minimum atomic E-state index is -1.30. The number of nitrogens with zero attached hydrogens (tertiary/aromatic N) is 1. The molecule has 1 aliphatic rings. The lowest BCUT2D eigenvalue weighted by Crippen LogP contribution is -2.54. The van der Waals surface area contributed by atoms with Crippen molar-refractivity contribution in [2.24, 2.45) is 0 Å². The van der Waals surface area contributed by atoms with Gasteiger partial charge in [-0.15, -0.1) is 0 Å². The van der Waals surface area contributed by atoms with E-state index in [1.807, 2.05) is 0 Å². The Kier molecular flexibility index (Phi) is 5.82. The fraction of sp³-hybridized carbons (Fsp3) is 0.750. The van der Waals surface area contributed by atoms with E-state index in [9.17, 15) is 14.7 Å². The molecule has 1 N–H and O–H groups in total. The van der Waals surface area contributed by atoms with Crippen molar-refractivity contribution >= 4 is 12.1 Å². The molecule has 0 unspecified atom stereocenters. The monoisotopic (exact) mass is 329 g/mol. The van der Waals surface area contributed by atoms with Gasteiger partial charge in [0.2, 0.25) is 0 Å². The summed E-state index contributed by atoms with van der Waals surface area (Å²) in [4.78, 5) is 25.5. The minimum absolute atomic E-state index is 0.0613. The quantitative estimate of drug-likeness (QED) is 0.626.